The van der Waals surface area contributed by atoms with Gasteiger partial charge in [0.05, 0.1) is 22.5 Å². The summed E-state index contributed by atoms with van der Waals surface area (Å²) in [4.78, 5) is 4.60. The number of nitrogens with zero attached hydrogens (tertiary/aromatic N) is 3. The molecule has 5 aromatic rings. The molecule has 0 fully saturated rings. The number of nitrogens with two attached hydrogens (primary N) is 1. The average molecular weight is 590 g/mol. The van der Waals surface area contributed by atoms with Crippen LogP contribution >= 0.6 is 22.9 Å². The summed E-state index contributed by atoms with van der Waals surface area (Å²) < 4.78 is 58.3. The quantitative estimate of drug-likeness (QED) is 0.261. The first-order valence-electron chi connectivity index (χ1n) is 11.1. The standard InChI is InChI=1S/C24H20ClN5O5S3/c25-18-8-4-7-16(11-18)17-9-10-19-20(12-17)36-24(28-19)22(37(31,32)14-15-5-2-1-3-6-15)23-30-29-21(35-23)13-27-38(26,33)34/h1-12,22,27H,13-14H2,(H2,26,33,34). The number of fused-ring (bicyclic) bond motifs is 1. The number of sulfone groups is 1. The van der Waals surface area contributed by atoms with E-state index in [4.69, 9.17) is 21.2 Å². The molecule has 0 radical (unpaired) electrons. The van der Waals surface area contributed by atoms with Crippen molar-refractivity contribution in [2.75, 3.05) is 0 Å². The highest BCUT2D eigenvalue weighted by molar-refractivity contribution is 7.91. The maximum absolute atomic E-state index is 13.7. The third-order valence-corrected chi connectivity index (χ3v) is 9.38. The van der Waals surface area contributed by atoms with Crippen molar-refractivity contribution in [3.63, 3.8) is 0 Å². The lowest BCUT2D eigenvalue weighted by Crippen LogP contribution is -2.30. The summed E-state index contributed by atoms with van der Waals surface area (Å²) in [6.07, 6.45) is 0. The zero-order valence-electron chi connectivity index (χ0n) is 19.5. The predicted molar refractivity (Wildman–Crippen MR) is 145 cm³/mol. The Labute approximate surface area is 227 Å². The number of hydrogen-bond donors (Lipinski definition) is 2. The van der Waals surface area contributed by atoms with Gasteiger partial charge in [-0.05, 0) is 41.0 Å². The number of halogens is 1. The first-order chi connectivity index (χ1) is 18.1. The molecule has 0 aliphatic carbocycles. The molecule has 14 heteroatoms. The van der Waals surface area contributed by atoms with E-state index >= 15 is 0 Å². The largest absolute Gasteiger partial charge is 0.422 e. The monoisotopic (exact) mass is 589 g/mol. The Morgan fingerprint density at radius 2 is 1.71 bits per heavy atom. The maximum Gasteiger partial charge on any atom is 0.274 e. The molecule has 196 valence electrons. The average Bonchev–Trinajstić information content (AvgIpc) is 3.49. The van der Waals surface area contributed by atoms with Gasteiger partial charge in [-0.1, -0.05) is 60.1 Å². The second-order valence-electron chi connectivity index (χ2n) is 8.32. The van der Waals surface area contributed by atoms with Crippen molar-refractivity contribution in [1.29, 1.82) is 0 Å². The van der Waals surface area contributed by atoms with E-state index in [9.17, 15) is 16.8 Å². The van der Waals surface area contributed by atoms with E-state index in [1.807, 2.05) is 41.1 Å². The van der Waals surface area contributed by atoms with Crippen LogP contribution in [0.15, 0.2) is 77.2 Å². The van der Waals surface area contributed by atoms with Crippen LogP contribution in [0.25, 0.3) is 21.3 Å². The molecule has 2 heterocycles. The molecule has 0 aliphatic heterocycles. The molecular formula is C24H20ClN5O5S3. The lowest BCUT2D eigenvalue weighted by molar-refractivity contribution is 0.443. The van der Waals surface area contributed by atoms with Crippen molar-refractivity contribution in [3.8, 4) is 11.1 Å². The molecule has 38 heavy (non-hydrogen) atoms. The predicted octanol–water partition coefficient (Wildman–Crippen LogP) is 4.00. The van der Waals surface area contributed by atoms with Crippen molar-refractivity contribution in [2.45, 2.75) is 17.5 Å². The summed E-state index contributed by atoms with van der Waals surface area (Å²) >= 11 is 7.34. The minimum atomic E-state index is -4.02. The Kier molecular flexibility index (Phi) is 7.31. The third-order valence-electron chi connectivity index (χ3n) is 5.49. The fourth-order valence-electron chi connectivity index (χ4n) is 3.81. The number of aromatic nitrogens is 3. The van der Waals surface area contributed by atoms with E-state index in [1.54, 1.807) is 36.4 Å². The molecule has 1 unspecified atom stereocenters. The molecule has 0 spiro atoms. The van der Waals surface area contributed by atoms with Crippen LogP contribution in [-0.4, -0.2) is 32.0 Å². The number of thiazole rings is 1. The molecule has 5 rings (SSSR count). The van der Waals surface area contributed by atoms with Gasteiger partial charge in [0.2, 0.25) is 11.8 Å². The van der Waals surface area contributed by atoms with Crippen molar-refractivity contribution >= 4 is 53.2 Å². The number of nitrogens with one attached hydrogen (secondary N) is 1. The van der Waals surface area contributed by atoms with Crippen molar-refractivity contribution in [2.24, 2.45) is 5.14 Å². The normalized spacial score (nSPS) is 13.1. The number of benzene rings is 3. The molecule has 2 aromatic heterocycles. The van der Waals surface area contributed by atoms with Gasteiger partial charge in [0.1, 0.15) is 5.01 Å². The maximum atomic E-state index is 13.7. The van der Waals surface area contributed by atoms with E-state index in [-0.39, 0.29) is 29.1 Å². The van der Waals surface area contributed by atoms with Gasteiger partial charge < -0.3 is 4.42 Å². The van der Waals surface area contributed by atoms with Crippen molar-refractivity contribution in [3.05, 3.63) is 100 Å². The van der Waals surface area contributed by atoms with Gasteiger partial charge in [0, 0.05) is 5.02 Å². The Balaban J connectivity index is 1.56. The first-order valence-corrected chi connectivity index (χ1v) is 15.5. The fourth-order valence-corrected chi connectivity index (χ4v) is 7.48. The van der Waals surface area contributed by atoms with Crippen LogP contribution in [0, 0.1) is 0 Å². The number of hydrogen-bond acceptors (Lipinski definition) is 9. The van der Waals surface area contributed by atoms with E-state index in [0.29, 0.717) is 16.1 Å². The molecule has 10 nitrogen and oxygen atoms in total. The highest BCUT2D eigenvalue weighted by Crippen LogP contribution is 2.38. The summed E-state index contributed by atoms with van der Waals surface area (Å²) in [5.74, 6) is -0.658. The first kappa shape index (κ1) is 26.4. The third kappa shape index (κ3) is 6.09. The number of rotatable bonds is 9. The smallest absolute Gasteiger partial charge is 0.274 e. The van der Waals surface area contributed by atoms with Gasteiger partial charge in [-0.3, -0.25) is 0 Å². The Morgan fingerprint density at radius 1 is 0.947 bits per heavy atom. The molecule has 0 amide bonds. The molecule has 0 saturated carbocycles. The lowest BCUT2D eigenvalue weighted by Gasteiger charge is -2.12. The van der Waals surface area contributed by atoms with Crippen LogP contribution in [0.4, 0.5) is 0 Å². The Hall–Kier alpha value is -3.20. The second kappa shape index (κ2) is 10.5. The summed E-state index contributed by atoms with van der Waals surface area (Å²) in [6, 6.07) is 21.7. The lowest BCUT2D eigenvalue weighted by atomic mass is 10.1. The SMILES string of the molecule is NS(=O)(=O)NCc1nnc(C(c2nc3ccc(-c4cccc(Cl)c4)cc3s2)S(=O)(=O)Cc2ccccc2)o1. The molecule has 1 atom stereocenters. The van der Waals surface area contributed by atoms with Gasteiger partial charge in [-0.15, -0.1) is 21.5 Å². The van der Waals surface area contributed by atoms with Crippen molar-refractivity contribution in [1.82, 2.24) is 19.9 Å². The fraction of sp³-hybridized carbons (Fsp3) is 0.125. The van der Waals surface area contributed by atoms with Crippen LogP contribution in [0.1, 0.15) is 27.6 Å². The molecule has 3 aromatic carbocycles. The van der Waals surface area contributed by atoms with Gasteiger partial charge in [0.15, 0.2) is 15.1 Å². The summed E-state index contributed by atoms with van der Waals surface area (Å²) in [6.45, 7) is -0.389. The van der Waals surface area contributed by atoms with Crippen LogP contribution in [0.3, 0.4) is 0 Å². The van der Waals surface area contributed by atoms with Crippen LogP contribution < -0.4 is 9.86 Å². The highest BCUT2D eigenvalue weighted by atomic mass is 35.5. The Bertz CT molecular complexity index is 1820. The van der Waals surface area contributed by atoms with Crippen LogP contribution in [0.2, 0.25) is 5.02 Å². The van der Waals surface area contributed by atoms with E-state index in [1.165, 1.54) is 11.3 Å². The van der Waals surface area contributed by atoms with Gasteiger partial charge >= 0.3 is 0 Å². The van der Waals surface area contributed by atoms with E-state index in [0.717, 1.165) is 15.8 Å². The summed E-state index contributed by atoms with van der Waals surface area (Å²) in [7, 11) is -7.97. The zero-order chi connectivity index (χ0) is 26.9. The van der Waals surface area contributed by atoms with Gasteiger partial charge in [0.25, 0.3) is 10.2 Å². The van der Waals surface area contributed by atoms with Crippen molar-refractivity contribution < 1.29 is 21.3 Å². The minimum absolute atomic E-state index is 0.140. The van der Waals surface area contributed by atoms with Gasteiger partial charge in [-0.2, -0.15) is 13.1 Å². The summed E-state index contributed by atoms with van der Waals surface area (Å²) in [5, 5.41) is 12.2. The highest BCUT2D eigenvalue weighted by Gasteiger charge is 2.37. The summed E-state index contributed by atoms with van der Waals surface area (Å²) in [5.41, 5.74) is 2.99. The molecular weight excluding hydrogens is 570 g/mol. The molecule has 0 bridgehead atoms. The topological polar surface area (TPSA) is 158 Å². The van der Waals surface area contributed by atoms with Crippen LogP contribution in [-0.2, 0) is 32.3 Å². The molecule has 3 N–H and O–H groups in total. The van der Waals surface area contributed by atoms with E-state index in [2.05, 4.69) is 15.2 Å². The van der Waals surface area contributed by atoms with E-state index < -0.39 is 25.3 Å². The zero-order valence-corrected chi connectivity index (χ0v) is 22.7. The molecule has 0 aliphatic rings. The van der Waals surface area contributed by atoms with Gasteiger partial charge in [-0.25, -0.2) is 18.5 Å². The minimum Gasteiger partial charge on any atom is -0.422 e. The molecule has 0 saturated heterocycles. The van der Waals surface area contributed by atoms with Crippen LogP contribution in [0.5, 0.6) is 0 Å². The second-order valence-corrected chi connectivity index (χ2v) is 13.3. The Morgan fingerprint density at radius 3 is 2.45 bits per heavy atom.